The van der Waals surface area contributed by atoms with Crippen LogP contribution in [0.3, 0.4) is 0 Å². The highest BCUT2D eigenvalue weighted by Gasteiger charge is 2.01. The second kappa shape index (κ2) is 4.54. The van der Waals surface area contributed by atoms with Crippen LogP contribution >= 0.6 is 23.4 Å². The molecule has 1 aromatic rings. The minimum absolute atomic E-state index is 0.118. The van der Waals surface area contributed by atoms with Crippen LogP contribution in [0.2, 0.25) is 5.02 Å². The fourth-order valence-electron chi connectivity index (χ4n) is 0.689. The average Bonchev–Trinajstić information content (AvgIpc) is 2.03. The number of nitrogen functional groups attached to an aromatic ring is 1. The standard InChI is InChI=1S/C7H9ClN2OS/c8-6-3-5(9)4-10-7(6)12-2-1-11/h3-4,11H,1-2,9H2. The van der Waals surface area contributed by atoms with Crippen LogP contribution in [0.4, 0.5) is 5.69 Å². The minimum atomic E-state index is 0.118. The van der Waals surface area contributed by atoms with Gasteiger partial charge in [-0.15, -0.1) is 11.8 Å². The summed E-state index contributed by atoms with van der Waals surface area (Å²) in [5.74, 6) is 0.594. The van der Waals surface area contributed by atoms with E-state index in [1.165, 1.54) is 11.8 Å². The van der Waals surface area contributed by atoms with Gasteiger partial charge in [0.25, 0.3) is 0 Å². The molecule has 0 aliphatic heterocycles. The average molecular weight is 205 g/mol. The predicted molar refractivity (Wildman–Crippen MR) is 51.5 cm³/mol. The second-order valence-corrected chi connectivity index (χ2v) is 3.62. The fraction of sp³-hybridized carbons (Fsp3) is 0.286. The molecule has 0 amide bonds. The maximum absolute atomic E-state index is 8.56. The van der Waals surface area contributed by atoms with E-state index in [2.05, 4.69) is 4.98 Å². The van der Waals surface area contributed by atoms with E-state index in [-0.39, 0.29) is 6.61 Å². The Bertz CT molecular complexity index is 270. The Kier molecular flexibility index (Phi) is 3.65. The molecule has 3 nitrogen and oxygen atoms in total. The van der Waals surface area contributed by atoms with Gasteiger partial charge in [0.2, 0.25) is 0 Å². The summed E-state index contributed by atoms with van der Waals surface area (Å²) in [5, 5.41) is 9.80. The molecule has 0 aliphatic rings. The Labute approximate surface area is 79.9 Å². The maximum Gasteiger partial charge on any atom is 0.115 e. The van der Waals surface area contributed by atoms with Gasteiger partial charge in [0.1, 0.15) is 5.03 Å². The number of aromatic nitrogens is 1. The quantitative estimate of drug-likeness (QED) is 0.731. The van der Waals surface area contributed by atoms with E-state index in [1.807, 2.05) is 0 Å². The van der Waals surface area contributed by atoms with Crippen LogP contribution in [0.1, 0.15) is 0 Å². The number of rotatable bonds is 3. The van der Waals surface area contributed by atoms with Gasteiger partial charge in [0.15, 0.2) is 0 Å². The molecule has 3 N–H and O–H groups in total. The van der Waals surface area contributed by atoms with Gasteiger partial charge in [-0.1, -0.05) is 11.6 Å². The van der Waals surface area contributed by atoms with E-state index >= 15 is 0 Å². The first kappa shape index (κ1) is 9.64. The molecule has 1 aromatic heterocycles. The zero-order valence-electron chi connectivity index (χ0n) is 6.33. The van der Waals surface area contributed by atoms with Crippen molar-refractivity contribution in [1.29, 1.82) is 0 Å². The number of nitrogens with zero attached hydrogens (tertiary/aromatic N) is 1. The number of hydrogen-bond acceptors (Lipinski definition) is 4. The summed E-state index contributed by atoms with van der Waals surface area (Å²) in [6.45, 7) is 0.118. The number of thioether (sulfide) groups is 1. The fourth-order valence-corrected chi connectivity index (χ4v) is 1.64. The van der Waals surface area contributed by atoms with Crippen LogP contribution in [0.5, 0.6) is 0 Å². The minimum Gasteiger partial charge on any atom is -0.397 e. The Morgan fingerprint density at radius 1 is 1.67 bits per heavy atom. The van der Waals surface area contributed by atoms with Crippen molar-refractivity contribution >= 4 is 29.1 Å². The molecule has 0 radical (unpaired) electrons. The van der Waals surface area contributed by atoms with E-state index in [4.69, 9.17) is 22.4 Å². The zero-order chi connectivity index (χ0) is 8.97. The van der Waals surface area contributed by atoms with E-state index in [1.54, 1.807) is 12.3 Å². The smallest absolute Gasteiger partial charge is 0.115 e. The number of aliphatic hydroxyl groups excluding tert-OH is 1. The highest BCUT2D eigenvalue weighted by Crippen LogP contribution is 2.25. The van der Waals surface area contributed by atoms with Crippen molar-refractivity contribution in [1.82, 2.24) is 4.98 Å². The molecule has 0 unspecified atom stereocenters. The van der Waals surface area contributed by atoms with Crippen molar-refractivity contribution in [3.8, 4) is 0 Å². The van der Waals surface area contributed by atoms with Crippen molar-refractivity contribution in [2.75, 3.05) is 18.1 Å². The van der Waals surface area contributed by atoms with E-state index in [0.717, 1.165) is 0 Å². The third-order valence-corrected chi connectivity index (χ3v) is 2.54. The topological polar surface area (TPSA) is 59.1 Å². The second-order valence-electron chi connectivity index (χ2n) is 2.13. The van der Waals surface area contributed by atoms with Crippen LogP contribution < -0.4 is 5.73 Å². The van der Waals surface area contributed by atoms with Crippen LogP contribution in [0.25, 0.3) is 0 Å². The van der Waals surface area contributed by atoms with Crippen LogP contribution in [0.15, 0.2) is 17.3 Å². The number of nitrogens with two attached hydrogens (primary N) is 1. The third-order valence-electron chi connectivity index (χ3n) is 1.16. The lowest BCUT2D eigenvalue weighted by molar-refractivity contribution is 0.322. The lowest BCUT2D eigenvalue weighted by Gasteiger charge is -2.01. The molecule has 0 bridgehead atoms. The monoisotopic (exact) mass is 204 g/mol. The summed E-state index contributed by atoms with van der Waals surface area (Å²) in [5.41, 5.74) is 6.00. The van der Waals surface area contributed by atoms with Gasteiger partial charge >= 0.3 is 0 Å². The van der Waals surface area contributed by atoms with Gasteiger partial charge in [0, 0.05) is 5.75 Å². The Morgan fingerprint density at radius 3 is 3.00 bits per heavy atom. The Balaban J connectivity index is 2.72. The van der Waals surface area contributed by atoms with Crippen LogP contribution in [-0.2, 0) is 0 Å². The summed E-state index contributed by atoms with van der Waals surface area (Å²) < 4.78 is 0. The molecule has 0 atom stereocenters. The summed E-state index contributed by atoms with van der Waals surface area (Å²) in [7, 11) is 0. The van der Waals surface area contributed by atoms with Crippen molar-refractivity contribution in [3.63, 3.8) is 0 Å². The van der Waals surface area contributed by atoms with E-state index in [9.17, 15) is 0 Å². The number of halogens is 1. The zero-order valence-corrected chi connectivity index (χ0v) is 7.90. The maximum atomic E-state index is 8.56. The Morgan fingerprint density at radius 2 is 2.42 bits per heavy atom. The SMILES string of the molecule is Nc1cnc(SCCO)c(Cl)c1. The van der Waals surface area contributed by atoms with Crippen LogP contribution in [0, 0.1) is 0 Å². The molecule has 0 aliphatic carbocycles. The van der Waals surface area contributed by atoms with Gasteiger partial charge in [-0.25, -0.2) is 4.98 Å². The molecule has 0 saturated carbocycles. The van der Waals surface area contributed by atoms with Gasteiger partial charge in [-0.2, -0.15) is 0 Å². The first-order valence-corrected chi connectivity index (χ1v) is 4.75. The molecule has 12 heavy (non-hydrogen) atoms. The molecular weight excluding hydrogens is 196 g/mol. The molecule has 0 aromatic carbocycles. The van der Waals surface area contributed by atoms with Gasteiger partial charge in [-0.05, 0) is 6.07 Å². The highest BCUT2D eigenvalue weighted by atomic mass is 35.5. The molecule has 0 spiro atoms. The van der Waals surface area contributed by atoms with Gasteiger partial charge < -0.3 is 10.8 Å². The van der Waals surface area contributed by atoms with Crippen molar-refractivity contribution in [3.05, 3.63) is 17.3 Å². The molecular formula is C7H9ClN2OS. The normalized spacial score (nSPS) is 10.2. The van der Waals surface area contributed by atoms with Crippen molar-refractivity contribution in [2.45, 2.75) is 5.03 Å². The van der Waals surface area contributed by atoms with Crippen molar-refractivity contribution in [2.24, 2.45) is 0 Å². The predicted octanol–water partition coefficient (Wildman–Crippen LogP) is 1.40. The lowest BCUT2D eigenvalue weighted by atomic mass is 10.4. The summed E-state index contributed by atoms with van der Waals surface area (Å²) in [4.78, 5) is 4.01. The lowest BCUT2D eigenvalue weighted by Crippen LogP contribution is -1.91. The van der Waals surface area contributed by atoms with Gasteiger partial charge in [0.05, 0.1) is 23.5 Å². The van der Waals surface area contributed by atoms with Gasteiger partial charge in [-0.3, -0.25) is 0 Å². The Hall–Kier alpha value is -0.450. The molecule has 5 heteroatoms. The summed E-state index contributed by atoms with van der Waals surface area (Å²) in [6.07, 6.45) is 1.55. The molecule has 66 valence electrons. The van der Waals surface area contributed by atoms with Crippen LogP contribution in [-0.4, -0.2) is 22.5 Å². The molecule has 0 fully saturated rings. The summed E-state index contributed by atoms with van der Waals surface area (Å²) in [6, 6.07) is 1.65. The molecule has 1 rings (SSSR count). The van der Waals surface area contributed by atoms with E-state index in [0.29, 0.717) is 21.5 Å². The first-order chi connectivity index (χ1) is 5.74. The number of hydrogen-bond donors (Lipinski definition) is 2. The third kappa shape index (κ3) is 2.55. The molecule has 0 saturated heterocycles. The first-order valence-electron chi connectivity index (χ1n) is 3.38. The van der Waals surface area contributed by atoms with Crippen molar-refractivity contribution < 1.29 is 5.11 Å². The summed E-state index contributed by atoms with van der Waals surface area (Å²) >= 11 is 7.23. The highest BCUT2D eigenvalue weighted by molar-refractivity contribution is 7.99. The number of aliphatic hydroxyl groups is 1. The van der Waals surface area contributed by atoms with E-state index < -0.39 is 0 Å². The largest absolute Gasteiger partial charge is 0.397 e. The molecule has 1 heterocycles. The number of anilines is 1. The number of pyridine rings is 1.